The number of carbonyl (C=O) groups excluding carboxylic acids is 1. The minimum Gasteiger partial charge on any atom is -0.444 e. The van der Waals surface area contributed by atoms with Crippen LogP contribution in [0.25, 0.3) is 0 Å². The molecule has 0 aromatic carbocycles. The van der Waals surface area contributed by atoms with E-state index >= 15 is 0 Å². The average molecular weight is 360 g/mol. The van der Waals surface area contributed by atoms with Crippen LogP contribution >= 0.6 is 11.8 Å². The Labute approximate surface area is 150 Å². The monoisotopic (exact) mass is 359 g/mol. The van der Waals surface area contributed by atoms with Crippen LogP contribution in [0.2, 0.25) is 0 Å². The van der Waals surface area contributed by atoms with Crippen molar-refractivity contribution in [2.45, 2.75) is 96.2 Å². The maximum absolute atomic E-state index is 12.2. The van der Waals surface area contributed by atoms with E-state index in [1.165, 1.54) is 0 Å². The fraction of sp³-hybridized carbons (Fsp3) is 0.944. The molecule has 1 aliphatic carbocycles. The normalized spacial score (nSPS) is 32.5. The van der Waals surface area contributed by atoms with Crippen LogP contribution in [0.1, 0.15) is 61.8 Å². The van der Waals surface area contributed by atoms with Crippen LogP contribution in [-0.4, -0.2) is 46.2 Å². The zero-order chi connectivity index (χ0) is 18.3. The zero-order valence-electron chi connectivity index (χ0n) is 16.3. The second-order valence-electron chi connectivity index (χ2n) is 8.70. The third kappa shape index (κ3) is 4.58. The summed E-state index contributed by atoms with van der Waals surface area (Å²) in [4.78, 5) is 12.2. The maximum atomic E-state index is 12.2. The highest BCUT2D eigenvalue weighted by Crippen LogP contribution is 2.49. The molecule has 0 aromatic rings. The fourth-order valence-electron chi connectivity index (χ4n) is 3.74. The van der Waals surface area contributed by atoms with Crippen LogP contribution in [0.4, 0.5) is 4.79 Å². The van der Waals surface area contributed by atoms with Gasteiger partial charge in [-0.25, -0.2) is 4.79 Å². The van der Waals surface area contributed by atoms with Gasteiger partial charge in [0.1, 0.15) is 11.7 Å². The van der Waals surface area contributed by atoms with Crippen molar-refractivity contribution in [1.29, 1.82) is 0 Å². The second kappa shape index (κ2) is 6.69. The molecule has 2 aliphatic rings. The Bertz CT molecular complexity index is 472. The van der Waals surface area contributed by atoms with Gasteiger partial charge < -0.3 is 19.5 Å². The van der Waals surface area contributed by atoms with Crippen molar-refractivity contribution < 1.29 is 19.0 Å². The summed E-state index contributed by atoms with van der Waals surface area (Å²) in [5.41, 5.74) is -0.509. The summed E-state index contributed by atoms with van der Waals surface area (Å²) in [5, 5.41) is 3.01. The van der Waals surface area contributed by atoms with Crippen LogP contribution < -0.4 is 5.32 Å². The Morgan fingerprint density at radius 1 is 1.21 bits per heavy atom. The number of carbonyl (C=O) groups is 1. The number of alkyl carbamates (subject to hydrolysis) is 1. The highest BCUT2D eigenvalue weighted by Gasteiger charge is 2.58. The van der Waals surface area contributed by atoms with Gasteiger partial charge >= 0.3 is 6.09 Å². The third-order valence-corrected chi connectivity index (χ3v) is 5.91. The highest BCUT2D eigenvalue weighted by molar-refractivity contribution is 8.00. The van der Waals surface area contributed by atoms with E-state index in [0.29, 0.717) is 5.92 Å². The molecule has 1 heterocycles. The number of hydrogen-bond donors (Lipinski definition) is 1. The molecule has 0 spiro atoms. The molecule has 4 atom stereocenters. The minimum absolute atomic E-state index is 0.00557. The standard InChI is InChI=1S/C18H33NO4S/c1-9-24-17(5,6)11-10-12(19-15(20)23-16(2,3)4)14-13(11)21-18(7,8)22-14/h11-14H,9-10H2,1-8H3,(H,19,20)/t11-,12+,13+,14-/m0/s1. The first kappa shape index (κ1) is 19.9. The van der Waals surface area contributed by atoms with Gasteiger partial charge in [0.05, 0.1) is 12.1 Å². The molecule has 5 nitrogen and oxygen atoms in total. The van der Waals surface area contributed by atoms with Crippen LogP contribution in [0.5, 0.6) is 0 Å². The average Bonchev–Trinajstić information content (AvgIpc) is 2.81. The minimum atomic E-state index is -0.616. The molecule has 0 radical (unpaired) electrons. The van der Waals surface area contributed by atoms with E-state index in [-0.39, 0.29) is 29.1 Å². The molecule has 1 N–H and O–H groups in total. The quantitative estimate of drug-likeness (QED) is 0.823. The summed E-state index contributed by atoms with van der Waals surface area (Å²) in [5.74, 6) is 0.749. The van der Waals surface area contributed by atoms with Crippen LogP contribution in [0.3, 0.4) is 0 Å². The molecule has 2 fully saturated rings. The van der Waals surface area contributed by atoms with Gasteiger partial charge in [0, 0.05) is 10.7 Å². The number of ether oxygens (including phenoxy) is 3. The molecule has 140 valence electrons. The van der Waals surface area contributed by atoms with Crippen molar-refractivity contribution >= 4 is 17.9 Å². The molecule has 0 unspecified atom stereocenters. The van der Waals surface area contributed by atoms with Crippen molar-refractivity contribution in [2.24, 2.45) is 5.92 Å². The first-order valence-electron chi connectivity index (χ1n) is 8.84. The lowest BCUT2D eigenvalue weighted by Crippen LogP contribution is -2.45. The summed E-state index contributed by atoms with van der Waals surface area (Å²) in [6, 6.07) is -0.0895. The number of nitrogens with one attached hydrogen (secondary N) is 1. The van der Waals surface area contributed by atoms with Crippen molar-refractivity contribution in [1.82, 2.24) is 5.32 Å². The maximum Gasteiger partial charge on any atom is 0.407 e. The summed E-state index contributed by atoms with van der Waals surface area (Å²) >= 11 is 1.93. The molecular weight excluding hydrogens is 326 g/mol. The van der Waals surface area contributed by atoms with E-state index in [0.717, 1.165) is 12.2 Å². The largest absolute Gasteiger partial charge is 0.444 e. The van der Waals surface area contributed by atoms with Gasteiger partial charge in [-0.1, -0.05) is 20.8 Å². The molecule has 1 saturated carbocycles. The van der Waals surface area contributed by atoms with Crippen LogP contribution in [-0.2, 0) is 14.2 Å². The Morgan fingerprint density at radius 3 is 2.33 bits per heavy atom. The first-order valence-corrected chi connectivity index (χ1v) is 9.82. The number of amides is 1. The van der Waals surface area contributed by atoms with Crippen molar-refractivity contribution in [3.8, 4) is 0 Å². The van der Waals surface area contributed by atoms with Gasteiger partial charge in [-0.05, 0) is 46.8 Å². The first-order chi connectivity index (χ1) is 10.8. The second-order valence-corrected chi connectivity index (χ2v) is 10.6. The zero-order valence-corrected chi connectivity index (χ0v) is 17.1. The number of fused-ring (bicyclic) bond motifs is 1. The van der Waals surface area contributed by atoms with Gasteiger partial charge in [-0.3, -0.25) is 0 Å². The lowest BCUT2D eigenvalue weighted by atomic mass is 9.91. The van der Waals surface area contributed by atoms with Gasteiger partial charge in [-0.15, -0.1) is 0 Å². The van der Waals surface area contributed by atoms with E-state index in [4.69, 9.17) is 14.2 Å². The van der Waals surface area contributed by atoms with E-state index in [9.17, 15) is 4.79 Å². The Balaban J connectivity index is 2.14. The summed E-state index contributed by atoms with van der Waals surface area (Å²) in [6.45, 7) is 16.2. The predicted octanol–water partition coefficient (Wildman–Crippen LogP) is 3.95. The molecule has 6 heteroatoms. The lowest BCUT2D eigenvalue weighted by Gasteiger charge is -2.34. The Kier molecular flexibility index (Phi) is 5.54. The smallest absolute Gasteiger partial charge is 0.407 e. The number of thioether (sulfide) groups is 1. The SMILES string of the molecule is CCSC(C)(C)[C@H]1C[C@@H](NC(=O)OC(C)(C)C)[C@@H]2OC(C)(C)O[C@@H]21. The highest BCUT2D eigenvalue weighted by atomic mass is 32.2. The van der Waals surface area contributed by atoms with Gasteiger partial charge in [0.15, 0.2) is 5.79 Å². The topological polar surface area (TPSA) is 56.8 Å². The molecule has 0 aromatic heterocycles. The van der Waals surface area contributed by atoms with E-state index in [1.807, 2.05) is 46.4 Å². The van der Waals surface area contributed by atoms with E-state index in [1.54, 1.807) is 0 Å². The van der Waals surface area contributed by atoms with Crippen molar-refractivity contribution in [2.75, 3.05) is 5.75 Å². The Morgan fingerprint density at radius 2 is 1.79 bits per heavy atom. The summed E-state index contributed by atoms with van der Waals surface area (Å²) in [6.07, 6.45) is 0.314. The number of rotatable bonds is 4. The van der Waals surface area contributed by atoms with E-state index < -0.39 is 11.4 Å². The van der Waals surface area contributed by atoms with Gasteiger partial charge in [0.25, 0.3) is 0 Å². The van der Waals surface area contributed by atoms with Crippen LogP contribution in [0, 0.1) is 5.92 Å². The molecule has 0 bridgehead atoms. The molecular formula is C18H33NO4S. The predicted molar refractivity (Wildman–Crippen MR) is 97.3 cm³/mol. The third-order valence-electron chi connectivity index (χ3n) is 4.58. The van der Waals surface area contributed by atoms with Crippen molar-refractivity contribution in [3.63, 3.8) is 0 Å². The molecule has 1 aliphatic heterocycles. The molecule has 1 saturated heterocycles. The Hall–Kier alpha value is -0.460. The molecule has 24 heavy (non-hydrogen) atoms. The van der Waals surface area contributed by atoms with Gasteiger partial charge in [0.2, 0.25) is 0 Å². The fourth-order valence-corrected chi connectivity index (χ4v) is 4.93. The van der Waals surface area contributed by atoms with Crippen LogP contribution in [0.15, 0.2) is 0 Å². The van der Waals surface area contributed by atoms with Gasteiger partial charge in [-0.2, -0.15) is 11.8 Å². The molecule has 2 rings (SSSR count). The molecule has 1 amide bonds. The lowest BCUT2D eigenvalue weighted by molar-refractivity contribution is -0.159. The number of hydrogen-bond acceptors (Lipinski definition) is 5. The summed E-state index contributed by atoms with van der Waals surface area (Å²) in [7, 11) is 0. The summed E-state index contributed by atoms with van der Waals surface area (Å²) < 4.78 is 17.8. The van der Waals surface area contributed by atoms with E-state index in [2.05, 4.69) is 26.1 Å². The van der Waals surface area contributed by atoms with Crippen molar-refractivity contribution in [3.05, 3.63) is 0 Å².